The molecule has 0 radical (unpaired) electrons. The molecule has 0 saturated heterocycles. The first kappa shape index (κ1) is 17.6. The summed E-state index contributed by atoms with van der Waals surface area (Å²) in [7, 11) is 1.65. The molecule has 1 aromatic heterocycles. The largest absolute Gasteiger partial charge is 0.377 e. The predicted molar refractivity (Wildman–Crippen MR) is 87.1 cm³/mol. The van der Waals surface area contributed by atoms with E-state index < -0.39 is 0 Å². The molecule has 0 fully saturated rings. The highest BCUT2D eigenvalue weighted by Crippen LogP contribution is 2.20. The van der Waals surface area contributed by atoms with Crippen molar-refractivity contribution in [1.29, 1.82) is 0 Å². The van der Waals surface area contributed by atoms with Gasteiger partial charge in [0.25, 0.3) is 5.91 Å². The number of hydrogen-bond acceptors (Lipinski definition) is 5. The Morgan fingerprint density at radius 3 is 2.90 bits per heavy atom. The van der Waals surface area contributed by atoms with Gasteiger partial charge < -0.3 is 15.8 Å². The number of carbonyl (C=O) groups excluding carboxylic acids is 1. The predicted octanol–water partition coefficient (Wildman–Crippen LogP) is 2.98. The number of aromatic nitrogens is 1. The maximum Gasteiger partial charge on any atom is 0.275 e. The fourth-order valence-electron chi connectivity index (χ4n) is 1.71. The third kappa shape index (κ3) is 4.50. The number of nitrogens with two attached hydrogens (primary N) is 1. The lowest BCUT2D eigenvalue weighted by molar-refractivity contribution is 0.102. The second-order valence-electron chi connectivity index (χ2n) is 4.29. The third-order valence-electron chi connectivity index (χ3n) is 2.93. The molecule has 3 N–H and O–H groups in total. The molecule has 114 valence electrons. The Balaban J connectivity index is 0.00000220. The molecule has 0 spiro atoms. The van der Waals surface area contributed by atoms with Crippen LogP contribution in [0.4, 0.5) is 5.69 Å². The van der Waals surface area contributed by atoms with Crippen molar-refractivity contribution in [2.75, 3.05) is 12.4 Å². The van der Waals surface area contributed by atoms with Crippen LogP contribution in [0.5, 0.6) is 0 Å². The number of methoxy groups -OCH3 is 1. The van der Waals surface area contributed by atoms with Gasteiger partial charge in [-0.2, -0.15) is 0 Å². The summed E-state index contributed by atoms with van der Waals surface area (Å²) >= 11 is 1.38. The number of benzene rings is 1. The molecule has 0 saturated carbocycles. The highest BCUT2D eigenvalue weighted by molar-refractivity contribution is 7.09. The molecule has 0 bridgehead atoms. The van der Waals surface area contributed by atoms with Gasteiger partial charge in [0.05, 0.1) is 6.10 Å². The number of anilines is 1. The van der Waals surface area contributed by atoms with Gasteiger partial charge in [0.15, 0.2) is 0 Å². The van der Waals surface area contributed by atoms with Gasteiger partial charge in [0.1, 0.15) is 10.7 Å². The number of thiazole rings is 1. The molecule has 2 aromatic rings. The molecule has 0 aliphatic rings. The van der Waals surface area contributed by atoms with Gasteiger partial charge in [-0.3, -0.25) is 4.79 Å². The van der Waals surface area contributed by atoms with E-state index in [2.05, 4.69) is 10.3 Å². The molecule has 1 heterocycles. The van der Waals surface area contributed by atoms with E-state index >= 15 is 0 Å². The minimum Gasteiger partial charge on any atom is -0.377 e. The summed E-state index contributed by atoms with van der Waals surface area (Å²) in [6, 6.07) is 7.56. The number of amides is 1. The van der Waals surface area contributed by atoms with Crippen molar-refractivity contribution in [1.82, 2.24) is 4.98 Å². The van der Waals surface area contributed by atoms with E-state index in [1.54, 1.807) is 12.5 Å². The molecule has 21 heavy (non-hydrogen) atoms. The summed E-state index contributed by atoms with van der Waals surface area (Å²) in [6.07, 6.45) is -0.0185. The Hall–Kier alpha value is -1.47. The second-order valence-corrected chi connectivity index (χ2v) is 5.23. The maximum absolute atomic E-state index is 12.1. The minimum absolute atomic E-state index is 0. The van der Waals surface area contributed by atoms with E-state index in [0.29, 0.717) is 12.2 Å². The number of hydrogen-bond donors (Lipinski definition) is 2. The highest BCUT2D eigenvalue weighted by Gasteiger charge is 2.11. The average molecular weight is 328 g/mol. The number of rotatable bonds is 5. The molecule has 7 heteroatoms. The Morgan fingerprint density at radius 1 is 1.52 bits per heavy atom. The number of nitrogens with one attached hydrogen (secondary N) is 1. The van der Waals surface area contributed by atoms with Crippen LogP contribution in [0.15, 0.2) is 29.6 Å². The summed E-state index contributed by atoms with van der Waals surface area (Å²) in [5, 5.41) is 5.28. The van der Waals surface area contributed by atoms with Crippen LogP contribution >= 0.6 is 23.7 Å². The lowest BCUT2D eigenvalue weighted by atomic mass is 10.1. The highest BCUT2D eigenvalue weighted by atomic mass is 35.5. The van der Waals surface area contributed by atoms with Gasteiger partial charge in [-0.1, -0.05) is 12.1 Å². The van der Waals surface area contributed by atoms with E-state index in [1.807, 2.05) is 31.2 Å². The zero-order valence-corrected chi connectivity index (χ0v) is 13.5. The molecule has 5 nitrogen and oxygen atoms in total. The van der Waals surface area contributed by atoms with Crippen LogP contribution < -0.4 is 11.1 Å². The maximum atomic E-state index is 12.1. The van der Waals surface area contributed by atoms with Crippen molar-refractivity contribution in [2.45, 2.75) is 19.6 Å². The van der Waals surface area contributed by atoms with Crippen LogP contribution in [-0.4, -0.2) is 18.0 Å². The van der Waals surface area contributed by atoms with Crippen LogP contribution in [0.25, 0.3) is 0 Å². The van der Waals surface area contributed by atoms with Crippen LogP contribution in [0.2, 0.25) is 0 Å². The van der Waals surface area contributed by atoms with Gasteiger partial charge >= 0.3 is 0 Å². The Labute approximate surface area is 133 Å². The SMILES string of the molecule is COC(C)c1cccc(NC(=O)c2csc(CN)n2)c1.Cl. The number of nitrogens with zero attached hydrogens (tertiary/aromatic N) is 1. The van der Waals surface area contributed by atoms with Crippen molar-refractivity contribution in [3.8, 4) is 0 Å². The first-order valence-corrected chi connectivity index (χ1v) is 7.10. The van der Waals surface area contributed by atoms with Crippen molar-refractivity contribution in [3.05, 3.63) is 45.9 Å². The third-order valence-corrected chi connectivity index (χ3v) is 3.80. The van der Waals surface area contributed by atoms with Crippen molar-refractivity contribution in [2.24, 2.45) is 5.73 Å². The van der Waals surface area contributed by atoms with Crippen LogP contribution in [0, 0.1) is 0 Å². The Morgan fingerprint density at radius 2 is 2.29 bits per heavy atom. The summed E-state index contributed by atoms with van der Waals surface area (Å²) in [4.78, 5) is 16.2. The van der Waals surface area contributed by atoms with Crippen molar-refractivity contribution < 1.29 is 9.53 Å². The minimum atomic E-state index is -0.233. The number of halogens is 1. The monoisotopic (exact) mass is 327 g/mol. The first-order chi connectivity index (χ1) is 9.63. The number of carbonyl (C=O) groups is 1. The van der Waals surface area contributed by atoms with Gasteiger partial charge in [0, 0.05) is 24.7 Å². The fraction of sp³-hybridized carbons (Fsp3) is 0.286. The van der Waals surface area contributed by atoms with E-state index in [0.717, 1.165) is 16.3 Å². The van der Waals surface area contributed by atoms with E-state index in [4.69, 9.17) is 10.5 Å². The number of ether oxygens (including phenoxy) is 1. The van der Waals surface area contributed by atoms with E-state index in [-0.39, 0.29) is 24.4 Å². The van der Waals surface area contributed by atoms with E-state index in [1.165, 1.54) is 11.3 Å². The summed E-state index contributed by atoms with van der Waals surface area (Å²) in [5.74, 6) is -0.233. The summed E-state index contributed by atoms with van der Waals surface area (Å²) < 4.78 is 5.26. The molecule has 1 unspecified atom stereocenters. The quantitative estimate of drug-likeness (QED) is 0.885. The van der Waals surface area contributed by atoms with Crippen LogP contribution in [-0.2, 0) is 11.3 Å². The van der Waals surface area contributed by atoms with Crippen LogP contribution in [0.3, 0.4) is 0 Å². The zero-order chi connectivity index (χ0) is 14.5. The van der Waals surface area contributed by atoms with Crippen molar-refractivity contribution >= 4 is 35.3 Å². The first-order valence-electron chi connectivity index (χ1n) is 6.22. The average Bonchev–Trinajstić information content (AvgIpc) is 2.95. The molecule has 1 amide bonds. The van der Waals surface area contributed by atoms with Gasteiger partial charge in [-0.15, -0.1) is 23.7 Å². The lowest BCUT2D eigenvalue weighted by Crippen LogP contribution is -2.13. The van der Waals surface area contributed by atoms with Gasteiger partial charge in [0.2, 0.25) is 0 Å². The van der Waals surface area contributed by atoms with E-state index in [9.17, 15) is 4.79 Å². The second kappa shape index (κ2) is 8.09. The summed E-state index contributed by atoms with van der Waals surface area (Å²) in [5.41, 5.74) is 7.60. The standard InChI is InChI=1S/C14H17N3O2S.ClH/c1-9(19-2)10-4-3-5-11(6-10)16-14(18)12-8-20-13(7-15)17-12;/h3-6,8-9H,7,15H2,1-2H3,(H,16,18);1H. The molecule has 1 aromatic carbocycles. The lowest BCUT2D eigenvalue weighted by Gasteiger charge is -2.11. The molecule has 0 aliphatic carbocycles. The molecule has 2 rings (SSSR count). The van der Waals surface area contributed by atoms with Gasteiger partial charge in [-0.05, 0) is 24.6 Å². The Kier molecular flexibility index (Phi) is 6.77. The zero-order valence-electron chi connectivity index (χ0n) is 11.8. The fourth-order valence-corrected chi connectivity index (χ4v) is 2.36. The Bertz CT molecular complexity index is 603. The van der Waals surface area contributed by atoms with Crippen LogP contribution in [0.1, 0.15) is 34.1 Å². The molecule has 0 aliphatic heterocycles. The smallest absolute Gasteiger partial charge is 0.275 e. The molecular weight excluding hydrogens is 310 g/mol. The molecule has 1 atom stereocenters. The topological polar surface area (TPSA) is 77.2 Å². The van der Waals surface area contributed by atoms with Crippen molar-refractivity contribution in [3.63, 3.8) is 0 Å². The summed E-state index contributed by atoms with van der Waals surface area (Å²) in [6.45, 7) is 2.30. The normalized spacial score (nSPS) is 11.6. The van der Waals surface area contributed by atoms with Gasteiger partial charge in [-0.25, -0.2) is 4.98 Å². The molecular formula is C14H18ClN3O2S.